The predicted octanol–water partition coefficient (Wildman–Crippen LogP) is 1.54. The first-order chi connectivity index (χ1) is 7.54. The first kappa shape index (κ1) is 12.1. The Balaban J connectivity index is 3.02. The number of rotatable bonds is 4. The number of hydrogen-bond donors (Lipinski definition) is 1. The van der Waals surface area contributed by atoms with Gasteiger partial charge in [-0.2, -0.15) is 0 Å². The molecule has 0 radical (unpaired) electrons. The maximum Gasteiger partial charge on any atom is 0.191 e. The molecule has 1 rings (SSSR count). The fraction of sp³-hybridized carbons (Fsp3) is 0.250. The molecule has 86 valence electrons. The van der Waals surface area contributed by atoms with Crippen LogP contribution in [0.2, 0.25) is 0 Å². The number of allylic oxidation sites excluding steroid dienone is 1. The van der Waals surface area contributed by atoms with Crippen LogP contribution < -0.4 is 10.5 Å². The molecule has 1 aromatic rings. The van der Waals surface area contributed by atoms with Crippen LogP contribution in [0.3, 0.4) is 0 Å². The number of hydrogen-bond acceptors (Lipinski definition) is 4. The lowest BCUT2D eigenvalue weighted by atomic mass is 10.1. The summed E-state index contributed by atoms with van der Waals surface area (Å²) in [4.78, 5) is 13.6. The standard InChI is InChI=1S/C12H16N2O2/c1-14(2)7-6-11(15)10-8-9(13)4-5-12(10)16-3/h4-8H,13H2,1-3H3/b7-6+. The van der Waals surface area contributed by atoms with Crippen molar-refractivity contribution in [2.75, 3.05) is 26.9 Å². The molecule has 0 aromatic heterocycles. The van der Waals surface area contributed by atoms with Crippen molar-refractivity contribution in [2.45, 2.75) is 0 Å². The van der Waals surface area contributed by atoms with Gasteiger partial charge in [-0.05, 0) is 18.2 Å². The number of benzene rings is 1. The Morgan fingerprint density at radius 1 is 1.44 bits per heavy atom. The zero-order valence-electron chi connectivity index (χ0n) is 9.73. The van der Waals surface area contributed by atoms with Crippen LogP contribution in [-0.4, -0.2) is 31.9 Å². The van der Waals surface area contributed by atoms with Gasteiger partial charge in [0.2, 0.25) is 0 Å². The summed E-state index contributed by atoms with van der Waals surface area (Å²) in [6, 6.07) is 5.00. The van der Waals surface area contributed by atoms with Crippen molar-refractivity contribution in [3.63, 3.8) is 0 Å². The van der Waals surface area contributed by atoms with Crippen LogP contribution in [0.25, 0.3) is 0 Å². The fourth-order valence-electron chi connectivity index (χ4n) is 1.22. The van der Waals surface area contributed by atoms with Gasteiger partial charge >= 0.3 is 0 Å². The van der Waals surface area contributed by atoms with Gasteiger partial charge in [0, 0.05) is 32.1 Å². The average Bonchev–Trinajstić information content (AvgIpc) is 2.25. The van der Waals surface area contributed by atoms with Crippen LogP contribution in [-0.2, 0) is 0 Å². The van der Waals surface area contributed by atoms with Gasteiger partial charge in [0.15, 0.2) is 5.78 Å². The molecular formula is C12H16N2O2. The summed E-state index contributed by atoms with van der Waals surface area (Å²) in [5.41, 5.74) is 6.65. The predicted molar refractivity (Wildman–Crippen MR) is 64.6 cm³/mol. The second-order valence-electron chi connectivity index (χ2n) is 3.60. The van der Waals surface area contributed by atoms with E-state index in [1.165, 1.54) is 13.2 Å². The van der Waals surface area contributed by atoms with E-state index in [1.807, 2.05) is 14.1 Å². The lowest BCUT2D eigenvalue weighted by molar-refractivity contribution is 0.104. The van der Waals surface area contributed by atoms with Crippen LogP contribution in [0.1, 0.15) is 10.4 Å². The highest BCUT2D eigenvalue weighted by atomic mass is 16.5. The van der Waals surface area contributed by atoms with E-state index in [0.717, 1.165) is 0 Å². The molecule has 0 bridgehead atoms. The molecule has 0 aliphatic rings. The van der Waals surface area contributed by atoms with E-state index < -0.39 is 0 Å². The lowest BCUT2D eigenvalue weighted by Gasteiger charge is -2.07. The highest BCUT2D eigenvalue weighted by Gasteiger charge is 2.09. The molecule has 1 aromatic carbocycles. The summed E-state index contributed by atoms with van der Waals surface area (Å²) in [5.74, 6) is 0.403. The molecule has 4 nitrogen and oxygen atoms in total. The van der Waals surface area contributed by atoms with Crippen LogP contribution in [0.15, 0.2) is 30.5 Å². The van der Waals surface area contributed by atoms with Gasteiger partial charge in [0.1, 0.15) is 5.75 Å². The number of carbonyl (C=O) groups excluding carboxylic acids is 1. The molecule has 0 aliphatic carbocycles. The number of ketones is 1. The Morgan fingerprint density at radius 2 is 2.12 bits per heavy atom. The van der Waals surface area contributed by atoms with Crippen molar-refractivity contribution >= 4 is 11.5 Å². The minimum absolute atomic E-state index is 0.127. The van der Waals surface area contributed by atoms with Gasteiger partial charge in [0.05, 0.1) is 12.7 Å². The third-order valence-corrected chi connectivity index (χ3v) is 2.01. The zero-order valence-corrected chi connectivity index (χ0v) is 9.73. The molecule has 2 N–H and O–H groups in total. The lowest BCUT2D eigenvalue weighted by Crippen LogP contribution is -2.04. The van der Waals surface area contributed by atoms with E-state index in [4.69, 9.17) is 10.5 Å². The summed E-state index contributed by atoms with van der Waals surface area (Å²) in [7, 11) is 5.22. The fourth-order valence-corrected chi connectivity index (χ4v) is 1.22. The number of methoxy groups -OCH3 is 1. The highest BCUT2D eigenvalue weighted by molar-refractivity contribution is 6.07. The molecule has 0 fully saturated rings. The molecule has 0 amide bonds. The third-order valence-electron chi connectivity index (χ3n) is 2.01. The molecule has 0 heterocycles. The summed E-state index contributed by atoms with van der Waals surface area (Å²) >= 11 is 0. The van der Waals surface area contributed by atoms with Crippen LogP contribution in [0.4, 0.5) is 5.69 Å². The first-order valence-electron chi connectivity index (χ1n) is 4.87. The molecule has 0 saturated carbocycles. The maximum atomic E-state index is 11.8. The van der Waals surface area contributed by atoms with Crippen molar-refractivity contribution in [2.24, 2.45) is 0 Å². The Hall–Kier alpha value is -1.97. The molecular weight excluding hydrogens is 204 g/mol. The van der Waals surface area contributed by atoms with Gasteiger partial charge in [-0.3, -0.25) is 4.79 Å². The topological polar surface area (TPSA) is 55.6 Å². The van der Waals surface area contributed by atoms with Crippen LogP contribution >= 0.6 is 0 Å². The third kappa shape index (κ3) is 3.02. The Morgan fingerprint density at radius 3 is 2.69 bits per heavy atom. The van der Waals surface area contributed by atoms with Gasteiger partial charge in [0.25, 0.3) is 0 Å². The number of nitrogens with zero attached hydrogens (tertiary/aromatic N) is 1. The number of anilines is 1. The molecule has 0 aliphatic heterocycles. The maximum absolute atomic E-state index is 11.8. The zero-order chi connectivity index (χ0) is 12.1. The summed E-state index contributed by atoms with van der Waals surface area (Å²) in [5, 5.41) is 0. The van der Waals surface area contributed by atoms with Gasteiger partial charge in [-0.1, -0.05) is 0 Å². The number of nitrogen functional groups attached to an aromatic ring is 1. The van der Waals surface area contributed by atoms with E-state index >= 15 is 0 Å². The molecule has 16 heavy (non-hydrogen) atoms. The molecule has 0 atom stereocenters. The monoisotopic (exact) mass is 220 g/mol. The normalized spacial score (nSPS) is 10.4. The van der Waals surface area contributed by atoms with Crippen molar-refractivity contribution in [1.82, 2.24) is 4.90 Å². The molecule has 0 unspecified atom stereocenters. The van der Waals surface area contributed by atoms with Crippen molar-refractivity contribution in [3.8, 4) is 5.75 Å². The van der Waals surface area contributed by atoms with Gasteiger partial charge < -0.3 is 15.4 Å². The van der Waals surface area contributed by atoms with Crippen LogP contribution in [0.5, 0.6) is 5.75 Å². The van der Waals surface area contributed by atoms with E-state index in [1.54, 1.807) is 29.3 Å². The number of ether oxygens (including phenoxy) is 1. The Kier molecular flexibility index (Phi) is 3.94. The quantitative estimate of drug-likeness (QED) is 0.475. The molecule has 0 saturated heterocycles. The summed E-state index contributed by atoms with van der Waals surface area (Å²) < 4.78 is 5.10. The first-order valence-corrected chi connectivity index (χ1v) is 4.87. The minimum Gasteiger partial charge on any atom is -0.496 e. The molecule has 4 heteroatoms. The van der Waals surface area contributed by atoms with Gasteiger partial charge in [-0.15, -0.1) is 0 Å². The smallest absolute Gasteiger partial charge is 0.191 e. The van der Waals surface area contributed by atoms with E-state index in [-0.39, 0.29) is 5.78 Å². The Bertz CT molecular complexity index is 411. The minimum atomic E-state index is -0.127. The number of nitrogens with two attached hydrogens (primary N) is 1. The van der Waals surface area contributed by atoms with Crippen molar-refractivity contribution < 1.29 is 9.53 Å². The van der Waals surface area contributed by atoms with E-state index in [9.17, 15) is 4.79 Å². The van der Waals surface area contributed by atoms with Crippen LogP contribution in [0, 0.1) is 0 Å². The summed E-state index contributed by atoms with van der Waals surface area (Å²) in [6.45, 7) is 0. The summed E-state index contributed by atoms with van der Waals surface area (Å²) in [6.07, 6.45) is 3.17. The molecule has 0 spiro atoms. The SMILES string of the molecule is COc1ccc(N)cc1C(=O)/C=C/N(C)C. The van der Waals surface area contributed by atoms with Gasteiger partial charge in [-0.25, -0.2) is 0 Å². The Labute approximate surface area is 95.3 Å². The van der Waals surface area contributed by atoms with E-state index in [0.29, 0.717) is 17.0 Å². The number of carbonyl (C=O) groups is 1. The second-order valence-corrected chi connectivity index (χ2v) is 3.60. The van der Waals surface area contributed by atoms with Crippen molar-refractivity contribution in [1.29, 1.82) is 0 Å². The second kappa shape index (κ2) is 5.21. The largest absolute Gasteiger partial charge is 0.496 e. The highest BCUT2D eigenvalue weighted by Crippen LogP contribution is 2.21. The van der Waals surface area contributed by atoms with E-state index in [2.05, 4.69) is 0 Å². The van der Waals surface area contributed by atoms with Crippen molar-refractivity contribution in [3.05, 3.63) is 36.0 Å². The average molecular weight is 220 g/mol.